The Balaban J connectivity index is 1.74. The van der Waals surface area contributed by atoms with Crippen LogP contribution in [0.1, 0.15) is 53.6 Å². The van der Waals surface area contributed by atoms with Gasteiger partial charge in [0, 0.05) is 5.56 Å². The van der Waals surface area contributed by atoms with E-state index in [1.807, 2.05) is 47.1 Å². The number of para-hydroxylation sites is 2. The van der Waals surface area contributed by atoms with Crippen molar-refractivity contribution in [1.82, 2.24) is 30.2 Å². The van der Waals surface area contributed by atoms with Crippen molar-refractivity contribution < 1.29 is 4.84 Å². The number of rotatable bonds is 6. The summed E-state index contributed by atoms with van der Waals surface area (Å²) in [4.78, 5) is 8.05. The molecule has 33 heavy (non-hydrogen) atoms. The molecule has 5 aromatic rings. The smallest absolute Gasteiger partial charge is 0.166 e. The molecule has 3 aromatic carbocycles. The van der Waals surface area contributed by atoms with Crippen LogP contribution in [0.2, 0.25) is 0 Å². The van der Waals surface area contributed by atoms with Gasteiger partial charge >= 0.3 is 0 Å². The molecule has 0 saturated carbocycles. The summed E-state index contributed by atoms with van der Waals surface area (Å²) < 4.78 is 2.04. The van der Waals surface area contributed by atoms with Crippen LogP contribution < -0.4 is 4.84 Å². The molecule has 1 atom stereocenters. The van der Waals surface area contributed by atoms with E-state index in [0.717, 1.165) is 51.8 Å². The first kappa shape index (κ1) is 21.1. The van der Waals surface area contributed by atoms with Gasteiger partial charge < -0.3 is 4.84 Å². The van der Waals surface area contributed by atoms with Crippen LogP contribution in [-0.2, 0) is 0 Å². The Kier molecular flexibility index (Phi) is 5.32. The molecule has 168 valence electrons. The molecule has 0 radical (unpaired) electrons. The molecular formula is C26H28N6O. The van der Waals surface area contributed by atoms with Gasteiger partial charge in [0.25, 0.3) is 0 Å². The molecule has 0 amide bonds. The second-order valence-electron chi connectivity index (χ2n) is 8.61. The van der Waals surface area contributed by atoms with Gasteiger partial charge in [-0.05, 0) is 85.8 Å². The van der Waals surface area contributed by atoms with E-state index in [2.05, 4.69) is 61.3 Å². The maximum absolute atomic E-state index is 6.53. The van der Waals surface area contributed by atoms with Crippen molar-refractivity contribution in [2.75, 3.05) is 0 Å². The van der Waals surface area contributed by atoms with E-state index in [0.29, 0.717) is 0 Å². The van der Waals surface area contributed by atoms with Crippen molar-refractivity contribution in [1.29, 1.82) is 0 Å². The Morgan fingerprint density at radius 3 is 2.09 bits per heavy atom. The van der Waals surface area contributed by atoms with Gasteiger partial charge in [-0.2, -0.15) is 0 Å². The summed E-state index contributed by atoms with van der Waals surface area (Å²) >= 11 is 0. The quantitative estimate of drug-likeness (QED) is 0.342. The van der Waals surface area contributed by atoms with Gasteiger partial charge in [0.15, 0.2) is 5.75 Å². The van der Waals surface area contributed by atoms with E-state index in [9.17, 15) is 0 Å². The Hall–Kier alpha value is -3.74. The summed E-state index contributed by atoms with van der Waals surface area (Å²) in [5.41, 5.74) is 9.44. The third-order valence-electron chi connectivity index (χ3n) is 6.74. The van der Waals surface area contributed by atoms with Crippen LogP contribution >= 0.6 is 0 Å². The predicted molar refractivity (Wildman–Crippen MR) is 130 cm³/mol. The zero-order valence-electron chi connectivity index (χ0n) is 19.7. The third-order valence-corrected chi connectivity index (χ3v) is 6.74. The minimum Gasteiger partial charge on any atom is -0.355 e. The lowest BCUT2D eigenvalue weighted by atomic mass is 9.88. The summed E-state index contributed by atoms with van der Waals surface area (Å²) in [5.74, 6) is 0.810. The van der Waals surface area contributed by atoms with Crippen molar-refractivity contribution in [2.45, 2.75) is 53.5 Å². The van der Waals surface area contributed by atoms with Gasteiger partial charge in [-0.1, -0.05) is 47.7 Å². The van der Waals surface area contributed by atoms with E-state index in [1.54, 1.807) is 0 Å². The lowest BCUT2D eigenvalue weighted by Crippen LogP contribution is -2.19. The molecule has 5 rings (SSSR count). The molecule has 2 heterocycles. The van der Waals surface area contributed by atoms with Gasteiger partial charge in [-0.3, -0.25) is 0 Å². The highest BCUT2D eigenvalue weighted by molar-refractivity contribution is 5.75. The van der Waals surface area contributed by atoms with Crippen LogP contribution in [0.4, 0.5) is 0 Å². The van der Waals surface area contributed by atoms with Crippen molar-refractivity contribution >= 4 is 22.1 Å². The van der Waals surface area contributed by atoms with Crippen molar-refractivity contribution in [3.63, 3.8) is 0 Å². The topological polar surface area (TPSA) is 70.7 Å². The molecule has 0 fully saturated rings. The highest BCUT2D eigenvalue weighted by Gasteiger charge is 2.28. The molecular weight excluding hydrogens is 412 g/mol. The molecule has 1 unspecified atom stereocenters. The van der Waals surface area contributed by atoms with E-state index < -0.39 is 0 Å². The van der Waals surface area contributed by atoms with Crippen LogP contribution in [0.5, 0.6) is 5.75 Å². The zero-order chi connectivity index (χ0) is 23.1. The van der Waals surface area contributed by atoms with Gasteiger partial charge in [-0.15, -0.1) is 10.2 Å². The van der Waals surface area contributed by atoms with Crippen LogP contribution in [0, 0.1) is 27.7 Å². The second kappa shape index (κ2) is 8.31. The van der Waals surface area contributed by atoms with Crippen molar-refractivity contribution in [3.8, 4) is 5.75 Å². The second-order valence-corrected chi connectivity index (χ2v) is 8.61. The number of hydrogen-bond acceptors (Lipinski definition) is 5. The minimum atomic E-state index is -0.0230. The average molecular weight is 441 g/mol. The fraction of sp³-hybridized carbons (Fsp3) is 0.308. The molecule has 7 nitrogen and oxygen atoms in total. The minimum absolute atomic E-state index is 0.0230. The van der Waals surface area contributed by atoms with Crippen LogP contribution in [0.3, 0.4) is 0 Å². The Bertz CT molecular complexity index is 1460. The first-order valence-corrected chi connectivity index (χ1v) is 11.4. The number of aromatic nitrogens is 6. The molecule has 0 aliphatic rings. The monoisotopic (exact) mass is 440 g/mol. The van der Waals surface area contributed by atoms with Crippen molar-refractivity contribution in [3.05, 3.63) is 76.3 Å². The fourth-order valence-corrected chi connectivity index (χ4v) is 4.61. The summed E-state index contributed by atoms with van der Waals surface area (Å²) in [6.07, 6.45) is 1.90. The summed E-state index contributed by atoms with van der Waals surface area (Å²) in [5, 5.41) is 17.6. The highest BCUT2D eigenvalue weighted by Crippen LogP contribution is 2.41. The predicted octanol–water partition coefficient (Wildman–Crippen LogP) is 5.64. The van der Waals surface area contributed by atoms with E-state index in [-0.39, 0.29) is 6.04 Å². The van der Waals surface area contributed by atoms with Gasteiger partial charge in [0.2, 0.25) is 0 Å². The van der Waals surface area contributed by atoms with Gasteiger partial charge in [0.1, 0.15) is 16.6 Å². The Morgan fingerprint density at radius 2 is 1.36 bits per heavy atom. The van der Waals surface area contributed by atoms with Crippen LogP contribution in [0.25, 0.3) is 22.1 Å². The number of fused-ring (bicyclic) bond motifs is 2. The molecule has 7 heteroatoms. The molecule has 0 spiro atoms. The van der Waals surface area contributed by atoms with E-state index >= 15 is 0 Å². The largest absolute Gasteiger partial charge is 0.355 e. The number of nitrogens with zero attached hydrogens (tertiary/aromatic N) is 6. The summed E-state index contributed by atoms with van der Waals surface area (Å²) in [7, 11) is 0. The maximum Gasteiger partial charge on any atom is 0.166 e. The molecule has 2 aromatic heterocycles. The molecule has 0 aliphatic carbocycles. The molecule has 0 bridgehead atoms. The average Bonchev–Trinajstić information content (AvgIpc) is 3.45. The lowest BCUT2D eigenvalue weighted by Gasteiger charge is -2.26. The Labute approximate surface area is 192 Å². The molecule has 0 saturated heterocycles. The standard InChI is InChI=1S/C26H28N6O/c1-6-11-24(31-22-14-9-7-12-20(22)27-29-31)25-18(4)16(2)17(3)19(5)26(25)33-32-23-15-10-8-13-21(23)28-30-32/h7-10,12-15,24H,6,11H2,1-5H3. The fourth-order valence-electron chi connectivity index (χ4n) is 4.61. The summed E-state index contributed by atoms with van der Waals surface area (Å²) in [6.45, 7) is 10.8. The van der Waals surface area contributed by atoms with Gasteiger partial charge in [0.05, 0.1) is 11.6 Å². The molecule has 0 aliphatic heterocycles. The van der Waals surface area contributed by atoms with Crippen LogP contribution in [0.15, 0.2) is 48.5 Å². The SMILES string of the molecule is CCCC(c1c(C)c(C)c(C)c(C)c1On1nnc2ccccc21)n1nnc2ccccc21. The van der Waals surface area contributed by atoms with Crippen LogP contribution in [-0.4, -0.2) is 30.2 Å². The van der Waals surface area contributed by atoms with E-state index in [4.69, 9.17) is 4.84 Å². The summed E-state index contributed by atoms with van der Waals surface area (Å²) in [6, 6.07) is 15.9. The Morgan fingerprint density at radius 1 is 0.758 bits per heavy atom. The maximum atomic E-state index is 6.53. The number of benzene rings is 3. The van der Waals surface area contributed by atoms with Gasteiger partial charge in [-0.25, -0.2) is 4.68 Å². The molecule has 0 N–H and O–H groups in total. The first-order chi connectivity index (χ1) is 16.0. The lowest BCUT2D eigenvalue weighted by molar-refractivity contribution is 0.178. The first-order valence-electron chi connectivity index (χ1n) is 11.4. The van der Waals surface area contributed by atoms with Crippen molar-refractivity contribution in [2.24, 2.45) is 0 Å². The highest BCUT2D eigenvalue weighted by atomic mass is 16.7. The van der Waals surface area contributed by atoms with E-state index in [1.165, 1.54) is 21.5 Å². The zero-order valence-corrected chi connectivity index (χ0v) is 19.7. The normalized spacial score (nSPS) is 12.5. The third kappa shape index (κ3) is 3.44. The number of hydrogen-bond donors (Lipinski definition) is 0.